The van der Waals surface area contributed by atoms with Gasteiger partial charge in [0, 0.05) is 17.2 Å². The number of thioether (sulfide) groups is 1. The van der Waals surface area contributed by atoms with E-state index in [0.717, 1.165) is 11.1 Å². The first-order chi connectivity index (χ1) is 14.5. The van der Waals surface area contributed by atoms with Crippen molar-refractivity contribution in [1.29, 1.82) is 0 Å². The van der Waals surface area contributed by atoms with Gasteiger partial charge in [0.2, 0.25) is 11.7 Å². The topological polar surface area (TPSA) is 93.9 Å². The van der Waals surface area contributed by atoms with Gasteiger partial charge in [0.15, 0.2) is 5.16 Å². The predicted molar refractivity (Wildman–Crippen MR) is 116 cm³/mol. The van der Waals surface area contributed by atoms with Crippen molar-refractivity contribution in [2.45, 2.75) is 24.8 Å². The van der Waals surface area contributed by atoms with E-state index in [1.807, 2.05) is 49.4 Å². The molecule has 152 valence electrons. The number of rotatable bonds is 6. The predicted octanol–water partition coefficient (Wildman–Crippen LogP) is 4.40. The van der Waals surface area contributed by atoms with E-state index < -0.39 is 0 Å². The largest absolute Gasteiger partial charge is 0.497 e. The van der Waals surface area contributed by atoms with E-state index in [9.17, 15) is 4.79 Å². The number of aryl methyl sites for hydroxylation is 2. The highest BCUT2D eigenvalue weighted by molar-refractivity contribution is 7.98. The number of hydrogen-bond donors (Lipinski definition) is 1. The smallest absolute Gasteiger partial charge is 0.252 e. The number of aromatic amines is 1. The SMILES string of the molecule is COc1cccc(-c2cc(=O)[nH]c(SCc3nc(-c4ccc(C)c(C)c4)no3)n2)c1. The Morgan fingerprint density at radius 2 is 1.90 bits per heavy atom. The summed E-state index contributed by atoms with van der Waals surface area (Å²) in [6, 6.07) is 14.9. The van der Waals surface area contributed by atoms with Gasteiger partial charge in [-0.1, -0.05) is 41.2 Å². The molecule has 8 heteroatoms. The van der Waals surface area contributed by atoms with Crippen LogP contribution in [0.1, 0.15) is 17.0 Å². The third-order valence-corrected chi connectivity index (χ3v) is 5.51. The normalized spacial score (nSPS) is 10.9. The summed E-state index contributed by atoms with van der Waals surface area (Å²) >= 11 is 1.33. The number of hydrogen-bond acceptors (Lipinski definition) is 7. The van der Waals surface area contributed by atoms with Crippen molar-refractivity contribution in [3.63, 3.8) is 0 Å². The molecule has 0 amide bonds. The van der Waals surface area contributed by atoms with Gasteiger partial charge in [0.1, 0.15) is 5.75 Å². The van der Waals surface area contributed by atoms with Crippen LogP contribution in [0.25, 0.3) is 22.6 Å². The van der Waals surface area contributed by atoms with Crippen LogP contribution in [0, 0.1) is 13.8 Å². The highest BCUT2D eigenvalue weighted by Gasteiger charge is 2.12. The first kappa shape index (κ1) is 19.9. The summed E-state index contributed by atoms with van der Waals surface area (Å²) in [7, 11) is 1.60. The summed E-state index contributed by atoms with van der Waals surface area (Å²) in [5.41, 5.74) is 4.43. The standard InChI is InChI=1S/C22H20N4O3S/c1-13-7-8-16(9-14(13)2)21-25-20(29-26-21)12-30-22-23-18(11-19(27)24-22)15-5-4-6-17(10-15)28-3/h4-11H,12H2,1-3H3,(H,23,24,27). The lowest BCUT2D eigenvalue weighted by molar-refractivity contribution is 0.391. The van der Waals surface area contributed by atoms with Crippen molar-refractivity contribution in [2.75, 3.05) is 7.11 Å². The van der Waals surface area contributed by atoms with Crippen LogP contribution < -0.4 is 10.3 Å². The fraction of sp³-hybridized carbons (Fsp3) is 0.182. The maximum atomic E-state index is 12.1. The monoisotopic (exact) mass is 420 g/mol. The molecule has 0 unspecified atom stereocenters. The average molecular weight is 420 g/mol. The average Bonchev–Trinajstić information content (AvgIpc) is 3.23. The maximum Gasteiger partial charge on any atom is 0.252 e. The lowest BCUT2D eigenvalue weighted by Gasteiger charge is -2.05. The molecule has 30 heavy (non-hydrogen) atoms. The summed E-state index contributed by atoms with van der Waals surface area (Å²) in [5.74, 6) is 2.10. The molecule has 0 spiro atoms. The van der Waals surface area contributed by atoms with Crippen molar-refractivity contribution in [1.82, 2.24) is 20.1 Å². The van der Waals surface area contributed by atoms with E-state index in [-0.39, 0.29) is 5.56 Å². The minimum atomic E-state index is -0.230. The number of ether oxygens (including phenoxy) is 1. The number of methoxy groups -OCH3 is 1. The van der Waals surface area contributed by atoms with Gasteiger partial charge in [0.25, 0.3) is 5.56 Å². The summed E-state index contributed by atoms with van der Waals surface area (Å²) in [5, 5.41) is 4.54. The van der Waals surface area contributed by atoms with Gasteiger partial charge in [-0.15, -0.1) is 0 Å². The Kier molecular flexibility index (Phi) is 5.67. The third-order valence-electron chi connectivity index (χ3n) is 4.65. The van der Waals surface area contributed by atoms with Crippen molar-refractivity contribution in [3.8, 4) is 28.4 Å². The second-order valence-corrected chi connectivity index (χ2v) is 7.73. The summed E-state index contributed by atoms with van der Waals surface area (Å²) in [4.78, 5) is 23.9. The molecule has 2 aromatic carbocycles. The molecule has 0 atom stereocenters. The summed E-state index contributed by atoms with van der Waals surface area (Å²) in [6.45, 7) is 4.11. The minimum absolute atomic E-state index is 0.230. The molecule has 0 aliphatic heterocycles. The molecule has 1 N–H and O–H groups in total. The van der Waals surface area contributed by atoms with Crippen molar-refractivity contribution in [3.05, 3.63) is 75.9 Å². The Morgan fingerprint density at radius 1 is 1.03 bits per heavy atom. The fourth-order valence-electron chi connectivity index (χ4n) is 2.88. The van der Waals surface area contributed by atoms with Crippen LogP contribution in [0.2, 0.25) is 0 Å². The molecule has 4 rings (SSSR count). The van der Waals surface area contributed by atoms with E-state index in [4.69, 9.17) is 9.26 Å². The Hall–Kier alpha value is -3.39. The molecule has 0 aliphatic carbocycles. The number of aromatic nitrogens is 4. The molecule has 4 aromatic rings. The van der Waals surface area contributed by atoms with Crippen molar-refractivity contribution in [2.24, 2.45) is 0 Å². The second kappa shape index (κ2) is 8.54. The van der Waals surface area contributed by atoms with Gasteiger partial charge in [-0.3, -0.25) is 4.79 Å². The number of benzene rings is 2. The number of nitrogens with one attached hydrogen (secondary N) is 1. The van der Waals surface area contributed by atoms with Gasteiger partial charge < -0.3 is 14.2 Å². The van der Waals surface area contributed by atoms with Gasteiger partial charge in [0.05, 0.1) is 18.6 Å². The zero-order valence-electron chi connectivity index (χ0n) is 16.8. The lowest BCUT2D eigenvalue weighted by Crippen LogP contribution is -2.08. The zero-order valence-corrected chi connectivity index (χ0v) is 17.6. The molecule has 2 heterocycles. The van der Waals surface area contributed by atoms with Gasteiger partial charge in [-0.05, 0) is 43.2 Å². The zero-order chi connectivity index (χ0) is 21.1. The Bertz CT molecular complexity index is 1250. The van der Waals surface area contributed by atoms with Crippen molar-refractivity contribution < 1.29 is 9.26 Å². The highest BCUT2D eigenvalue weighted by Crippen LogP contribution is 2.25. The van der Waals surface area contributed by atoms with E-state index in [0.29, 0.717) is 34.1 Å². The fourth-order valence-corrected chi connectivity index (χ4v) is 3.59. The van der Waals surface area contributed by atoms with Gasteiger partial charge in [-0.25, -0.2) is 4.98 Å². The highest BCUT2D eigenvalue weighted by atomic mass is 32.2. The van der Waals surface area contributed by atoms with Gasteiger partial charge in [-0.2, -0.15) is 4.98 Å². The van der Waals surface area contributed by atoms with Crippen LogP contribution in [-0.2, 0) is 5.75 Å². The first-order valence-corrected chi connectivity index (χ1v) is 10.3. The van der Waals surface area contributed by atoms with E-state index in [2.05, 4.69) is 27.0 Å². The Morgan fingerprint density at radius 3 is 2.70 bits per heavy atom. The minimum Gasteiger partial charge on any atom is -0.497 e. The van der Waals surface area contributed by atoms with E-state index in [1.54, 1.807) is 7.11 Å². The van der Waals surface area contributed by atoms with Crippen LogP contribution >= 0.6 is 11.8 Å². The maximum absolute atomic E-state index is 12.1. The summed E-state index contributed by atoms with van der Waals surface area (Å²) < 4.78 is 10.6. The molecule has 0 saturated heterocycles. The first-order valence-electron chi connectivity index (χ1n) is 9.30. The van der Waals surface area contributed by atoms with Crippen LogP contribution in [0.15, 0.2) is 63.0 Å². The summed E-state index contributed by atoms with van der Waals surface area (Å²) in [6.07, 6.45) is 0. The van der Waals surface area contributed by atoms with Crippen LogP contribution in [0.3, 0.4) is 0 Å². The molecule has 0 saturated carbocycles. The molecule has 0 fully saturated rings. The Balaban J connectivity index is 1.51. The van der Waals surface area contributed by atoms with E-state index in [1.165, 1.54) is 29.0 Å². The number of H-pyrrole nitrogens is 1. The molecule has 0 radical (unpaired) electrons. The van der Waals surface area contributed by atoms with Crippen LogP contribution in [0.4, 0.5) is 0 Å². The van der Waals surface area contributed by atoms with Crippen LogP contribution in [0.5, 0.6) is 5.75 Å². The quantitative estimate of drug-likeness (QED) is 0.365. The molecular formula is C22H20N4O3S. The lowest BCUT2D eigenvalue weighted by atomic mass is 10.1. The Labute approximate surface area is 177 Å². The molecule has 0 bridgehead atoms. The second-order valence-electron chi connectivity index (χ2n) is 6.77. The van der Waals surface area contributed by atoms with Crippen molar-refractivity contribution >= 4 is 11.8 Å². The number of nitrogens with zero attached hydrogens (tertiary/aromatic N) is 3. The van der Waals surface area contributed by atoms with E-state index >= 15 is 0 Å². The van der Waals surface area contributed by atoms with Gasteiger partial charge >= 0.3 is 0 Å². The molecular weight excluding hydrogens is 400 g/mol. The third kappa shape index (κ3) is 4.44. The van der Waals surface area contributed by atoms with Crippen LogP contribution in [-0.4, -0.2) is 27.2 Å². The molecule has 0 aliphatic rings. The molecule has 7 nitrogen and oxygen atoms in total. The molecule has 2 aromatic heterocycles.